The number of esters is 1. The number of rotatable bonds is 5. The summed E-state index contributed by atoms with van der Waals surface area (Å²) in [5.41, 5.74) is 2.06. The lowest BCUT2D eigenvalue weighted by molar-refractivity contribution is -0.139. The first-order chi connectivity index (χ1) is 15.4. The standard InChI is InChI=1S/C24H21ClN2O4S/c1-4-31-23(29)20-14(2)26-24-27(21(20)17-10-5-6-11-18(17)30-3)22(28)19(32-24)13-15-8-7-9-16(25)12-15/h5-13,21H,4H2,1-3H3/b19-13+/t21-/m1/s1. The molecule has 1 aliphatic heterocycles. The minimum absolute atomic E-state index is 0.216. The third kappa shape index (κ3) is 4.01. The average molecular weight is 469 g/mol. The fourth-order valence-electron chi connectivity index (χ4n) is 3.73. The molecule has 2 heterocycles. The van der Waals surface area contributed by atoms with E-state index in [2.05, 4.69) is 4.99 Å². The lowest BCUT2D eigenvalue weighted by atomic mass is 9.95. The molecule has 6 nitrogen and oxygen atoms in total. The van der Waals surface area contributed by atoms with Crippen LogP contribution >= 0.6 is 22.9 Å². The molecular formula is C24H21ClN2O4S. The highest BCUT2D eigenvalue weighted by Gasteiger charge is 2.34. The van der Waals surface area contributed by atoms with E-state index in [0.29, 0.717) is 36.9 Å². The smallest absolute Gasteiger partial charge is 0.338 e. The van der Waals surface area contributed by atoms with E-state index >= 15 is 0 Å². The Morgan fingerprint density at radius 3 is 2.75 bits per heavy atom. The number of hydrogen-bond acceptors (Lipinski definition) is 6. The number of ether oxygens (including phenoxy) is 2. The SMILES string of the molecule is CCOC(=O)C1=C(C)N=c2s/c(=C/c3cccc(Cl)c3)c(=O)n2[C@@H]1c1ccccc1OC. The molecule has 0 radical (unpaired) electrons. The van der Waals surface area contributed by atoms with Crippen molar-refractivity contribution >= 4 is 35.0 Å². The summed E-state index contributed by atoms with van der Waals surface area (Å²) in [5, 5.41) is 0.582. The summed E-state index contributed by atoms with van der Waals surface area (Å²) in [6.07, 6.45) is 1.78. The fourth-order valence-corrected chi connectivity index (χ4v) is 4.97. The summed E-state index contributed by atoms with van der Waals surface area (Å²) in [4.78, 5) is 31.6. The number of thiazole rings is 1. The molecule has 164 valence electrons. The number of carbonyl (C=O) groups is 1. The van der Waals surface area contributed by atoms with Gasteiger partial charge in [-0.2, -0.15) is 0 Å². The molecular weight excluding hydrogens is 448 g/mol. The molecule has 0 spiro atoms. The van der Waals surface area contributed by atoms with Crippen molar-refractivity contribution in [1.29, 1.82) is 0 Å². The Labute approximate surface area is 193 Å². The highest BCUT2D eigenvalue weighted by molar-refractivity contribution is 7.07. The molecule has 0 aliphatic carbocycles. The molecule has 0 unspecified atom stereocenters. The number of hydrogen-bond donors (Lipinski definition) is 0. The maximum Gasteiger partial charge on any atom is 0.338 e. The highest BCUT2D eigenvalue weighted by atomic mass is 35.5. The van der Waals surface area contributed by atoms with Gasteiger partial charge in [-0.3, -0.25) is 9.36 Å². The molecule has 0 fully saturated rings. The second-order valence-corrected chi connectivity index (χ2v) is 8.54. The van der Waals surface area contributed by atoms with Gasteiger partial charge in [-0.25, -0.2) is 9.79 Å². The van der Waals surface area contributed by atoms with E-state index in [1.807, 2.05) is 30.3 Å². The van der Waals surface area contributed by atoms with Crippen molar-refractivity contribution in [3.05, 3.63) is 95.6 Å². The monoisotopic (exact) mass is 468 g/mol. The topological polar surface area (TPSA) is 69.9 Å². The zero-order chi connectivity index (χ0) is 22.8. The first kappa shape index (κ1) is 22.0. The van der Waals surface area contributed by atoms with Gasteiger partial charge in [0.25, 0.3) is 5.56 Å². The minimum atomic E-state index is -0.719. The van der Waals surface area contributed by atoms with Crippen molar-refractivity contribution in [1.82, 2.24) is 4.57 Å². The Bertz CT molecular complexity index is 1400. The van der Waals surface area contributed by atoms with Crippen LogP contribution in [0.4, 0.5) is 0 Å². The van der Waals surface area contributed by atoms with E-state index in [9.17, 15) is 9.59 Å². The van der Waals surface area contributed by atoms with E-state index in [1.165, 1.54) is 15.9 Å². The second-order valence-electron chi connectivity index (χ2n) is 7.10. The predicted molar refractivity (Wildman–Crippen MR) is 125 cm³/mol. The van der Waals surface area contributed by atoms with Gasteiger partial charge in [0, 0.05) is 10.6 Å². The molecule has 0 saturated heterocycles. The Kier molecular flexibility index (Phi) is 6.30. The molecule has 0 saturated carbocycles. The van der Waals surface area contributed by atoms with Gasteiger partial charge < -0.3 is 9.47 Å². The third-order valence-corrected chi connectivity index (χ3v) is 6.32. The van der Waals surface area contributed by atoms with Crippen LogP contribution in [-0.2, 0) is 9.53 Å². The number of aromatic nitrogens is 1. The van der Waals surface area contributed by atoms with Crippen LogP contribution in [0, 0.1) is 0 Å². The largest absolute Gasteiger partial charge is 0.496 e. The average Bonchev–Trinajstić information content (AvgIpc) is 3.07. The second kappa shape index (κ2) is 9.14. The number of carbonyl (C=O) groups excluding carboxylic acids is 1. The van der Waals surface area contributed by atoms with Gasteiger partial charge in [0.1, 0.15) is 11.8 Å². The van der Waals surface area contributed by atoms with Crippen molar-refractivity contribution in [2.45, 2.75) is 19.9 Å². The fraction of sp³-hybridized carbons (Fsp3) is 0.208. The van der Waals surface area contributed by atoms with Gasteiger partial charge in [0.05, 0.1) is 29.5 Å². The van der Waals surface area contributed by atoms with Gasteiger partial charge in [-0.05, 0) is 43.7 Å². The number of allylic oxidation sites excluding steroid dienone is 1. The van der Waals surface area contributed by atoms with Crippen LogP contribution < -0.4 is 19.6 Å². The first-order valence-electron chi connectivity index (χ1n) is 10.0. The molecule has 1 aliphatic rings. The van der Waals surface area contributed by atoms with E-state index in [-0.39, 0.29) is 12.2 Å². The molecule has 8 heteroatoms. The van der Waals surface area contributed by atoms with Crippen LogP contribution in [0.15, 0.2) is 69.6 Å². The molecule has 4 rings (SSSR count). The summed E-state index contributed by atoms with van der Waals surface area (Å²) in [6, 6.07) is 13.9. The number of methoxy groups -OCH3 is 1. The third-order valence-electron chi connectivity index (χ3n) is 5.10. The molecule has 1 atom stereocenters. The molecule has 0 amide bonds. The number of nitrogens with zero attached hydrogens (tertiary/aromatic N) is 2. The molecule has 3 aromatic rings. The van der Waals surface area contributed by atoms with Crippen molar-refractivity contribution < 1.29 is 14.3 Å². The number of halogens is 1. The van der Waals surface area contributed by atoms with E-state index in [4.69, 9.17) is 21.1 Å². The van der Waals surface area contributed by atoms with Gasteiger partial charge in [0.15, 0.2) is 4.80 Å². The van der Waals surface area contributed by atoms with Gasteiger partial charge in [0.2, 0.25) is 0 Å². The summed E-state index contributed by atoms with van der Waals surface area (Å²) in [5.74, 6) is 0.0622. The first-order valence-corrected chi connectivity index (χ1v) is 11.2. The quantitative estimate of drug-likeness (QED) is 0.538. The molecule has 1 aromatic heterocycles. The number of benzene rings is 2. The zero-order valence-corrected chi connectivity index (χ0v) is 19.4. The molecule has 0 bridgehead atoms. The van der Waals surface area contributed by atoms with Crippen LogP contribution in [0.5, 0.6) is 5.75 Å². The predicted octanol–water partition coefficient (Wildman–Crippen LogP) is 3.46. The van der Waals surface area contributed by atoms with Crippen molar-refractivity contribution in [3.8, 4) is 5.75 Å². The van der Waals surface area contributed by atoms with Crippen LogP contribution in [0.25, 0.3) is 6.08 Å². The highest BCUT2D eigenvalue weighted by Crippen LogP contribution is 2.35. The summed E-state index contributed by atoms with van der Waals surface area (Å²) in [7, 11) is 1.56. The van der Waals surface area contributed by atoms with Crippen LogP contribution in [-0.4, -0.2) is 24.3 Å². The van der Waals surface area contributed by atoms with Gasteiger partial charge in [-0.15, -0.1) is 0 Å². The van der Waals surface area contributed by atoms with Gasteiger partial charge >= 0.3 is 5.97 Å². The Hall–Kier alpha value is -3.16. The van der Waals surface area contributed by atoms with Crippen LogP contribution in [0.3, 0.4) is 0 Å². The zero-order valence-electron chi connectivity index (χ0n) is 17.8. The van der Waals surface area contributed by atoms with E-state index < -0.39 is 12.0 Å². The minimum Gasteiger partial charge on any atom is -0.496 e. The number of para-hydroxylation sites is 1. The maximum absolute atomic E-state index is 13.6. The van der Waals surface area contributed by atoms with Crippen LogP contribution in [0.1, 0.15) is 31.0 Å². The lowest BCUT2D eigenvalue weighted by Crippen LogP contribution is -2.40. The van der Waals surface area contributed by atoms with E-state index in [0.717, 1.165) is 5.56 Å². The summed E-state index contributed by atoms with van der Waals surface area (Å²) in [6.45, 7) is 3.71. The molecule has 32 heavy (non-hydrogen) atoms. The Balaban J connectivity index is 2.00. The Morgan fingerprint density at radius 2 is 2.03 bits per heavy atom. The van der Waals surface area contributed by atoms with Crippen molar-refractivity contribution in [2.24, 2.45) is 4.99 Å². The maximum atomic E-state index is 13.6. The molecule has 2 aromatic carbocycles. The van der Waals surface area contributed by atoms with Crippen molar-refractivity contribution in [3.63, 3.8) is 0 Å². The summed E-state index contributed by atoms with van der Waals surface area (Å²) < 4.78 is 12.9. The molecule has 0 N–H and O–H groups in total. The lowest BCUT2D eigenvalue weighted by Gasteiger charge is -2.25. The number of fused-ring (bicyclic) bond motifs is 1. The van der Waals surface area contributed by atoms with Crippen LogP contribution in [0.2, 0.25) is 5.02 Å². The van der Waals surface area contributed by atoms with Crippen molar-refractivity contribution in [2.75, 3.05) is 13.7 Å². The summed E-state index contributed by atoms with van der Waals surface area (Å²) >= 11 is 7.36. The van der Waals surface area contributed by atoms with Gasteiger partial charge in [-0.1, -0.05) is 53.3 Å². The Morgan fingerprint density at radius 1 is 1.25 bits per heavy atom. The van der Waals surface area contributed by atoms with E-state index in [1.54, 1.807) is 45.2 Å². The normalized spacial score (nSPS) is 15.9.